The number of carbonyl (C=O) groups excluding carboxylic acids is 2. The number of allylic oxidation sites excluding steroid dienone is 22. The highest BCUT2D eigenvalue weighted by atomic mass is 31.2. The normalized spacial score (nSPS) is 14.0. The van der Waals surface area contributed by atoms with Gasteiger partial charge in [-0.25, -0.2) is 0 Å². The van der Waals surface area contributed by atoms with Gasteiger partial charge in [-0.1, -0.05) is 295 Å². The van der Waals surface area contributed by atoms with Gasteiger partial charge in [-0.2, -0.15) is 0 Å². The van der Waals surface area contributed by atoms with Gasteiger partial charge in [0.1, 0.15) is 19.8 Å². The van der Waals surface area contributed by atoms with E-state index in [1.54, 1.807) is 0 Å². The Morgan fingerprint density at radius 3 is 0.953 bits per heavy atom. The van der Waals surface area contributed by atoms with E-state index in [0.29, 0.717) is 17.4 Å². The molecule has 0 aliphatic heterocycles. The molecule has 0 amide bonds. The predicted molar refractivity (Wildman–Crippen MR) is 369 cm³/mol. The van der Waals surface area contributed by atoms with Crippen molar-refractivity contribution in [2.24, 2.45) is 0 Å². The van der Waals surface area contributed by atoms with Crippen LogP contribution in [0.4, 0.5) is 0 Å². The molecule has 0 aromatic heterocycles. The van der Waals surface area contributed by atoms with Crippen LogP contribution >= 0.6 is 7.82 Å². The predicted octanol–water partition coefficient (Wildman–Crippen LogP) is 22.2. The zero-order valence-electron chi connectivity index (χ0n) is 56.0. The maximum Gasteiger partial charge on any atom is 0.306 e. The zero-order chi connectivity index (χ0) is 62.6. The van der Waals surface area contributed by atoms with Gasteiger partial charge in [0.2, 0.25) is 0 Å². The summed E-state index contributed by atoms with van der Waals surface area (Å²) < 4.78 is 34.2. The number of unbranched alkanes of at least 4 members (excludes halogenated alkanes) is 27. The van der Waals surface area contributed by atoms with E-state index in [4.69, 9.17) is 18.5 Å². The number of hydrogen-bond acceptors (Lipinski definition) is 8. The summed E-state index contributed by atoms with van der Waals surface area (Å²) in [5.41, 5.74) is 0. The summed E-state index contributed by atoms with van der Waals surface area (Å²) in [6.07, 6.45) is 95.6. The Balaban J connectivity index is 3.98. The number of likely N-dealkylation sites (N-methyl/N-ethyl adjacent to an activating group) is 1. The topological polar surface area (TPSA) is 111 Å². The molecule has 492 valence electrons. The van der Waals surface area contributed by atoms with Gasteiger partial charge < -0.3 is 27.9 Å². The fourth-order valence-electron chi connectivity index (χ4n) is 9.39. The summed E-state index contributed by atoms with van der Waals surface area (Å²) in [4.78, 5) is 38.0. The van der Waals surface area contributed by atoms with E-state index >= 15 is 0 Å². The van der Waals surface area contributed by atoms with E-state index in [9.17, 15) is 19.0 Å². The smallest absolute Gasteiger partial charge is 0.306 e. The number of carbonyl (C=O) groups is 2. The second kappa shape index (κ2) is 65.6. The molecular formula is C76H130NO8P. The summed E-state index contributed by atoms with van der Waals surface area (Å²) in [6, 6.07) is 0. The molecule has 9 nitrogen and oxygen atoms in total. The van der Waals surface area contributed by atoms with Crippen LogP contribution in [0.15, 0.2) is 134 Å². The highest BCUT2D eigenvalue weighted by molar-refractivity contribution is 7.45. The fourth-order valence-corrected chi connectivity index (χ4v) is 10.1. The van der Waals surface area contributed by atoms with Crippen LogP contribution in [-0.2, 0) is 32.7 Å². The maximum absolute atomic E-state index is 12.8. The van der Waals surface area contributed by atoms with E-state index in [0.717, 1.165) is 103 Å². The number of rotatable bonds is 63. The molecule has 0 fully saturated rings. The third kappa shape index (κ3) is 69.3. The molecule has 0 spiro atoms. The number of quaternary nitrogens is 1. The maximum atomic E-state index is 12.8. The van der Waals surface area contributed by atoms with Gasteiger partial charge >= 0.3 is 11.9 Å². The Hall–Kier alpha value is -3.85. The van der Waals surface area contributed by atoms with Crippen LogP contribution in [0.2, 0.25) is 0 Å². The summed E-state index contributed by atoms with van der Waals surface area (Å²) in [6.45, 7) is 3.97. The molecule has 86 heavy (non-hydrogen) atoms. The minimum atomic E-state index is -4.66. The lowest BCUT2D eigenvalue weighted by Crippen LogP contribution is -2.37. The molecule has 0 saturated carbocycles. The Bertz CT molecular complexity index is 1910. The molecule has 10 heteroatoms. The van der Waals surface area contributed by atoms with Crippen molar-refractivity contribution >= 4 is 19.8 Å². The summed E-state index contributed by atoms with van der Waals surface area (Å²) >= 11 is 0. The molecule has 0 aromatic rings. The minimum Gasteiger partial charge on any atom is -0.756 e. The third-order valence-corrected chi connectivity index (χ3v) is 15.6. The third-order valence-electron chi connectivity index (χ3n) is 14.7. The SMILES string of the molecule is CC/C=C\C/C=C\C/C=C\C/C=C\C/C=C\C/C=C\CCCCC(=O)OC(COC(=O)CCCCCCCCCCCCCCCCCCCCCCCCCCC/C=C\C/C=C\C/C=C\C/C=C\C/C=C\CC)COP(=O)([O-])OCC[N+](C)(C)C. The van der Waals surface area contributed by atoms with Gasteiger partial charge in [0.05, 0.1) is 27.7 Å². The van der Waals surface area contributed by atoms with Gasteiger partial charge in [-0.3, -0.25) is 14.2 Å². The number of esters is 2. The molecule has 0 aliphatic carbocycles. The van der Waals surface area contributed by atoms with Crippen molar-refractivity contribution in [2.45, 2.75) is 290 Å². The van der Waals surface area contributed by atoms with Crippen molar-refractivity contribution in [3.8, 4) is 0 Å². The molecule has 0 aliphatic rings. The van der Waals surface area contributed by atoms with E-state index in [2.05, 4.69) is 148 Å². The van der Waals surface area contributed by atoms with Crippen molar-refractivity contribution in [1.82, 2.24) is 0 Å². The summed E-state index contributed by atoms with van der Waals surface area (Å²) in [5.74, 6) is -0.882. The molecule has 0 saturated heterocycles. The Morgan fingerprint density at radius 2 is 0.628 bits per heavy atom. The number of ether oxygens (including phenoxy) is 2. The summed E-state index contributed by atoms with van der Waals surface area (Å²) in [5, 5.41) is 0. The first-order chi connectivity index (χ1) is 42.0. The monoisotopic (exact) mass is 1220 g/mol. The Morgan fingerprint density at radius 1 is 0.360 bits per heavy atom. The van der Waals surface area contributed by atoms with Crippen molar-refractivity contribution in [2.75, 3.05) is 47.5 Å². The van der Waals surface area contributed by atoms with E-state index in [-0.39, 0.29) is 26.1 Å². The molecule has 2 atom stereocenters. The minimum absolute atomic E-state index is 0.0441. The van der Waals surface area contributed by atoms with Gasteiger partial charge in [-0.05, 0) is 109 Å². The molecular weight excluding hydrogens is 1090 g/mol. The van der Waals surface area contributed by atoms with Gasteiger partial charge in [0, 0.05) is 12.8 Å². The lowest BCUT2D eigenvalue weighted by Gasteiger charge is -2.28. The van der Waals surface area contributed by atoms with Crippen molar-refractivity contribution in [1.29, 1.82) is 0 Å². The van der Waals surface area contributed by atoms with Gasteiger partial charge in [0.15, 0.2) is 6.10 Å². The first-order valence-corrected chi connectivity index (χ1v) is 36.4. The van der Waals surface area contributed by atoms with Crippen LogP contribution in [-0.4, -0.2) is 70.0 Å². The second-order valence-electron chi connectivity index (χ2n) is 24.1. The van der Waals surface area contributed by atoms with Crippen LogP contribution in [0, 0.1) is 0 Å². The van der Waals surface area contributed by atoms with Crippen molar-refractivity contribution < 1.29 is 42.1 Å². The Labute approximate surface area is 530 Å². The number of hydrogen-bond donors (Lipinski definition) is 0. The average molecular weight is 1220 g/mol. The first-order valence-electron chi connectivity index (χ1n) is 34.9. The highest BCUT2D eigenvalue weighted by Gasteiger charge is 2.22. The van der Waals surface area contributed by atoms with Gasteiger partial charge in [-0.15, -0.1) is 0 Å². The molecule has 0 N–H and O–H groups in total. The van der Waals surface area contributed by atoms with E-state index in [1.807, 2.05) is 21.1 Å². The molecule has 0 rings (SSSR count). The lowest BCUT2D eigenvalue weighted by atomic mass is 10.0. The zero-order valence-corrected chi connectivity index (χ0v) is 56.9. The largest absolute Gasteiger partial charge is 0.756 e. The number of nitrogens with zero attached hydrogens (tertiary/aromatic N) is 1. The Kier molecular flexibility index (Phi) is 62.7. The second-order valence-corrected chi connectivity index (χ2v) is 25.5. The first kappa shape index (κ1) is 82.1. The molecule has 0 radical (unpaired) electrons. The fraction of sp³-hybridized carbons (Fsp3) is 0.684. The van der Waals surface area contributed by atoms with Crippen molar-refractivity contribution in [3.05, 3.63) is 134 Å². The van der Waals surface area contributed by atoms with E-state index < -0.39 is 32.5 Å². The lowest BCUT2D eigenvalue weighted by molar-refractivity contribution is -0.870. The highest BCUT2D eigenvalue weighted by Crippen LogP contribution is 2.38. The molecule has 0 bridgehead atoms. The van der Waals surface area contributed by atoms with Crippen LogP contribution in [0.3, 0.4) is 0 Å². The quantitative estimate of drug-likeness (QED) is 0.0195. The molecule has 0 aromatic carbocycles. The van der Waals surface area contributed by atoms with E-state index in [1.165, 1.54) is 148 Å². The van der Waals surface area contributed by atoms with Gasteiger partial charge in [0.25, 0.3) is 7.82 Å². The van der Waals surface area contributed by atoms with Crippen LogP contribution < -0.4 is 4.89 Å². The van der Waals surface area contributed by atoms with Crippen LogP contribution in [0.25, 0.3) is 0 Å². The molecule has 2 unspecified atom stereocenters. The standard InChI is InChI=1S/C76H130NO8P/c1-6-8-10-12-14-16-18-20-22-24-26-28-29-30-31-32-33-34-35-36-37-38-39-40-41-42-43-44-45-46-47-49-50-52-54-56-58-60-62-64-66-68-75(78)82-72-74(73-84-86(80,81)83-71-70-77(3,4)5)85-76(79)69-67-65-63-61-59-57-55-53-51-48-27-25-23-21-19-17-15-13-11-9-7-2/h8-11,14-17,20-23,26-28,30-31,48,53,55,59,61,74H,6-7,12-13,18-19,24-25,29,32-47,49-52,54,56-58,60,62-73H2,1-5H3/b10-8-,11-9-,16-14-,17-15-,22-20-,23-21-,28-26-,31-30-,48-27-,55-53-,61-59-. The van der Waals surface area contributed by atoms with Crippen LogP contribution in [0.1, 0.15) is 284 Å². The van der Waals surface area contributed by atoms with Crippen LogP contribution in [0.5, 0.6) is 0 Å². The number of phosphoric ester groups is 1. The summed E-state index contributed by atoms with van der Waals surface area (Å²) in [7, 11) is 1.13. The average Bonchev–Trinajstić information content (AvgIpc) is 3.67. The number of phosphoric acid groups is 1. The molecule has 0 heterocycles. The van der Waals surface area contributed by atoms with Crippen molar-refractivity contribution in [3.63, 3.8) is 0 Å².